The minimum absolute atomic E-state index is 0.334. The maximum absolute atomic E-state index is 4.12. The molecule has 2 aromatic rings. The fraction of sp³-hybridized carbons (Fsp3) is 0.286. The van der Waals surface area contributed by atoms with Crippen LogP contribution in [0.3, 0.4) is 0 Å². The van der Waals surface area contributed by atoms with E-state index in [0.29, 0.717) is 6.04 Å². The molecule has 0 saturated heterocycles. The van der Waals surface area contributed by atoms with Gasteiger partial charge in [-0.05, 0) is 43.1 Å². The first-order valence-corrected chi connectivity index (χ1v) is 5.88. The summed E-state index contributed by atoms with van der Waals surface area (Å²) in [5.41, 5.74) is 2.48. The van der Waals surface area contributed by atoms with Crippen molar-refractivity contribution in [2.75, 3.05) is 6.54 Å². The highest BCUT2D eigenvalue weighted by molar-refractivity contribution is 5.13. The van der Waals surface area contributed by atoms with Crippen LogP contribution in [0.2, 0.25) is 0 Å². The molecule has 0 amide bonds. The molecule has 0 aromatic carbocycles. The summed E-state index contributed by atoms with van der Waals surface area (Å²) in [4.78, 5) is 8.22. The molecule has 2 heterocycles. The van der Waals surface area contributed by atoms with Gasteiger partial charge in [-0.25, -0.2) is 0 Å². The Labute approximate surface area is 102 Å². The summed E-state index contributed by atoms with van der Waals surface area (Å²) >= 11 is 0. The first kappa shape index (κ1) is 11.7. The quantitative estimate of drug-likeness (QED) is 0.852. The molecule has 17 heavy (non-hydrogen) atoms. The Morgan fingerprint density at radius 1 is 1.12 bits per heavy atom. The van der Waals surface area contributed by atoms with Crippen LogP contribution < -0.4 is 5.32 Å². The molecule has 3 nitrogen and oxygen atoms in total. The van der Waals surface area contributed by atoms with Gasteiger partial charge >= 0.3 is 0 Å². The highest BCUT2D eigenvalue weighted by Gasteiger charge is 2.03. The lowest BCUT2D eigenvalue weighted by Gasteiger charge is -2.13. The first-order chi connectivity index (χ1) is 8.36. The van der Waals surface area contributed by atoms with Crippen molar-refractivity contribution >= 4 is 0 Å². The smallest absolute Gasteiger partial charge is 0.0315 e. The van der Waals surface area contributed by atoms with Gasteiger partial charge in [0.2, 0.25) is 0 Å². The molecule has 1 atom stereocenters. The van der Waals surface area contributed by atoms with Crippen molar-refractivity contribution in [3.63, 3.8) is 0 Å². The molecule has 1 N–H and O–H groups in total. The van der Waals surface area contributed by atoms with Crippen molar-refractivity contribution in [2.45, 2.75) is 19.4 Å². The minimum atomic E-state index is 0.334. The number of rotatable bonds is 5. The Morgan fingerprint density at radius 2 is 1.88 bits per heavy atom. The van der Waals surface area contributed by atoms with E-state index in [2.05, 4.69) is 34.3 Å². The zero-order valence-corrected chi connectivity index (χ0v) is 10.0. The summed E-state index contributed by atoms with van der Waals surface area (Å²) in [6.45, 7) is 3.10. The Hall–Kier alpha value is -1.74. The molecule has 3 heteroatoms. The predicted molar refractivity (Wildman–Crippen MR) is 68.6 cm³/mol. The third-order valence-electron chi connectivity index (χ3n) is 2.77. The molecule has 0 aliphatic carbocycles. The molecule has 0 aliphatic heterocycles. The van der Waals surface area contributed by atoms with Crippen molar-refractivity contribution in [1.29, 1.82) is 0 Å². The molecule has 0 spiro atoms. The van der Waals surface area contributed by atoms with Gasteiger partial charge in [-0.1, -0.05) is 12.1 Å². The predicted octanol–water partition coefficient (Wildman–Crippen LogP) is 2.37. The van der Waals surface area contributed by atoms with Gasteiger partial charge in [-0.2, -0.15) is 0 Å². The van der Waals surface area contributed by atoms with Crippen molar-refractivity contribution in [2.24, 2.45) is 0 Å². The second-order valence-electron chi connectivity index (χ2n) is 4.07. The van der Waals surface area contributed by atoms with Gasteiger partial charge in [-0.3, -0.25) is 9.97 Å². The van der Waals surface area contributed by atoms with Gasteiger partial charge in [0.1, 0.15) is 0 Å². The second-order valence-corrected chi connectivity index (χ2v) is 4.07. The van der Waals surface area contributed by atoms with Crippen LogP contribution in [0.15, 0.2) is 49.1 Å². The van der Waals surface area contributed by atoms with E-state index in [1.807, 2.05) is 24.5 Å². The van der Waals surface area contributed by atoms with E-state index in [4.69, 9.17) is 0 Å². The lowest BCUT2D eigenvalue weighted by Crippen LogP contribution is -2.21. The highest BCUT2D eigenvalue weighted by atomic mass is 14.9. The second kappa shape index (κ2) is 6.11. The van der Waals surface area contributed by atoms with E-state index in [1.165, 1.54) is 11.1 Å². The summed E-state index contributed by atoms with van der Waals surface area (Å²) in [7, 11) is 0. The zero-order chi connectivity index (χ0) is 11.9. The van der Waals surface area contributed by atoms with E-state index in [0.717, 1.165) is 13.0 Å². The fourth-order valence-electron chi connectivity index (χ4n) is 1.73. The molecule has 0 aliphatic rings. The van der Waals surface area contributed by atoms with Crippen LogP contribution in [0.25, 0.3) is 0 Å². The SMILES string of the molecule is CC(NCCc1cccnc1)c1cccnc1. The summed E-state index contributed by atoms with van der Waals surface area (Å²) < 4.78 is 0. The summed E-state index contributed by atoms with van der Waals surface area (Å²) in [6, 6.07) is 8.47. The molecule has 2 aromatic heterocycles. The molecule has 0 saturated carbocycles. The molecule has 0 bridgehead atoms. The Morgan fingerprint density at radius 3 is 2.53 bits per heavy atom. The third-order valence-corrected chi connectivity index (χ3v) is 2.77. The molecule has 1 unspecified atom stereocenters. The summed E-state index contributed by atoms with van der Waals surface area (Å²) in [5, 5.41) is 3.48. The van der Waals surface area contributed by atoms with E-state index in [1.54, 1.807) is 12.4 Å². The van der Waals surface area contributed by atoms with Gasteiger partial charge in [0.25, 0.3) is 0 Å². The number of aromatic nitrogens is 2. The maximum Gasteiger partial charge on any atom is 0.0315 e. The number of pyridine rings is 2. The number of hydrogen-bond acceptors (Lipinski definition) is 3. The Bertz CT molecular complexity index is 428. The largest absolute Gasteiger partial charge is 0.310 e. The molecule has 2 rings (SSSR count). The average molecular weight is 227 g/mol. The average Bonchev–Trinajstić information content (AvgIpc) is 2.41. The summed E-state index contributed by atoms with van der Waals surface area (Å²) in [5.74, 6) is 0. The van der Waals surface area contributed by atoms with Gasteiger partial charge in [0.15, 0.2) is 0 Å². The van der Waals surface area contributed by atoms with Crippen LogP contribution in [-0.2, 0) is 6.42 Å². The van der Waals surface area contributed by atoms with Crippen molar-refractivity contribution < 1.29 is 0 Å². The lowest BCUT2D eigenvalue weighted by atomic mass is 10.1. The third kappa shape index (κ3) is 3.64. The topological polar surface area (TPSA) is 37.8 Å². The van der Waals surface area contributed by atoms with Crippen LogP contribution in [0, 0.1) is 0 Å². The molecule has 0 radical (unpaired) electrons. The standard InChI is InChI=1S/C14H17N3/c1-12(14-5-3-8-16-11-14)17-9-6-13-4-2-7-15-10-13/h2-5,7-8,10-12,17H,6,9H2,1H3. The monoisotopic (exact) mass is 227 g/mol. The first-order valence-electron chi connectivity index (χ1n) is 5.88. The van der Waals surface area contributed by atoms with Crippen molar-refractivity contribution in [3.05, 3.63) is 60.2 Å². The molecule has 0 fully saturated rings. The van der Waals surface area contributed by atoms with E-state index < -0.39 is 0 Å². The van der Waals surface area contributed by atoms with Crippen LogP contribution >= 0.6 is 0 Å². The van der Waals surface area contributed by atoms with Crippen LogP contribution in [0.1, 0.15) is 24.1 Å². The molecule has 88 valence electrons. The Balaban J connectivity index is 1.79. The minimum Gasteiger partial charge on any atom is -0.310 e. The zero-order valence-electron chi connectivity index (χ0n) is 10.0. The lowest BCUT2D eigenvalue weighted by molar-refractivity contribution is 0.575. The normalized spacial score (nSPS) is 12.3. The van der Waals surface area contributed by atoms with E-state index in [-0.39, 0.29) is 0 Å². The van der Waals surface area contributed by atoms with Crippen LogP contribution in [-0.4, -0.2) is 16.5 Å². The van der Waals surface area contributed by atoms with Gasteiger partial charge in [0.05, 0.1) is 0 Å². The van der Waals surface area contributed by atoms with Gasteiger partial charge < -0.3 is 5.32 Å². The van der Waals surface area contributed by atoms with Crippen LogP contribution in [0.5, 0.6) is 0 Å². The molecular formula is C14H17N3. The van der Waals surface area contributed by atoms with Gasteiger partial charge in [-0.15, -0.1) is 0 Å². The van der Waals surface area contributed by atoms with Gasteiger partial charge in [0, 0.05) is 30.8 Å². The highest BCUT2D eigenvalue weighted by Crippen LogP contribution is 2.09. The number of hydrogen-bond donors (Lipinski definition) is 1. The molecular weight excluding hydrogens is 210 g/mol. The fourth-order valence-corrected chi connectivity index (χ4v) is 1.73. The van der Waals surface area contributed by atoms with E-state index >= 15 is 0 Å². The van der Waals surface area contributed by atoms with E-state index in [9.17, 15) is 0 Å². The maximum atomic E-state index is 4.12. The Kier molecular flexibility index (Phi) is 4.22. The van der Waals surface area contributed by atoms with Crippen molar-refractivity contribution in [3.8, 4) is 0 Å². The van der Waals surface area contributed by atoms with Crippen LogP contribution in [0.4, 0.5) is 0 Å². The number of nitrogens with zero attached hydrogens (tertiary/aromatic N) is 2. The number of nitrogens with one attached hydrogen (secondary N) is 1. The van der Waals surface area contributed by atoms with Crippen molar-refractivity contribution in [1.82, 2.24) is 15.3 Å². The summed E-state index contributed by atoms with van der Waals surface area (Å²) in [6.07, 6.45) is 8.41.